The molecule has 3 N–H and O–H groups in total. The average molecular weight is 508 g/mol. The highest BCUT2D eigenvalue weighted by atomic mass is 127. The number of hydrogen-bond donors (Lipinski definition) is 2. The largest absolute Gasteiger partial charge is 0.370 e. The molecule has 1 aromatic heterocycles. The van der Waals surface area contributed by atoms with Crippen LogP contribution in [0, 0.1) is 0 Å². The van der Waals surface area contributed by atoms with E-state index in [1.54, 1.807) is 6.07 Å². The highest BCUT2D eigenvalue weighted by Crippen LogP contribution is 2.25. The molecule has 0 unspecified atom stereocenters. The van der Waals surface area contributed by atoms with Gasteiger partial charge in [0.25, 0.3) is 10.0 Å². The van der Waals surface area contributed by atoms with Crippen LogP contribution >= 0.6 is 35.3 Å². The number of halogens is 1. The Morgan fingerprint density at radius 1 is 1.15 bits per heavy atom. The van der Waals surface area contributed by atoms with Gasteiger partial charge in [-0.3, -0.25) is 4.99 Å². The van der Waals surface area contributed by atoms with Crippen molar-refractivity contribution in [1.29, 1.82) is 0 Å². The molecule has 1 heterocycles. The smallest absolute Gasteiger partial charge is 0.252 e. The standard InChI is InChI=1S/C17H24N4O2S2.HI/c1-3-21(4-2)25(22,23)16-11-10-15(24-16)12-13-19-17(18)20-14-8-6-5-7-9-14;/h5-11H,3-4,12-13H2,1-2H3,(H3,18,19,20);1H. The second-order valence-corrected chi connectivity index (χ2v) is 8.65. The number of nitrogens with one attached hydrogen (secondary N) is 1. The first-order valence-electron chi connectivity index (χ1n) is 8.18. The molecular weight excluding hydrogens is 483 g/mol. The molecule has 1 aromatic carbocycles. The number of thiophene rings is 1. The maximum atomic E-state index is 12.5. The van der Waals surface area contributed by atoms with Crippen molar-refractivity contribution >= 4 is 57.0 Å². The second kappa shape index (κ2) is 10.9. The molecule has 0 saturated heterocycles. The lowest BCUT2D eigenvalue weighted by Gasteiger charge is -2.16. The monoisotopic (exact) mass is 508 g/mol. The number of guanidine groups is 1. The second-order valence-electron chi connectivity index (χ2n) is 5.32. The fraction of sp³-hybridized carbons (Fsp3) is 0.353. The van der Waals surface area contributed by atoms with Crippen LogP contribution in [0.15, 0.2) is 51.7 Å². The summed E-state index contributed by atoms with van der Waals surface area (Å²) >= 11 is 1.29. The van der Waals surface area contributed by atoms with E-state index in [1.165, 1.54) is 15.6 Å². The Hall–Kier alpha value is -1.17. The van der Waals surface area contributed by atoms with Gasteiger partial charge >= 0.3 is 0 Å². The summed E-state index contributed by atoms with van der Waals surface area (Å²) < 4.78 is 26.8. The zero-order valence-electron chi connectivity index (χ0n) is 14.9. The first kappa shape index (κ1) is 22.9. The van der Waals surface area contributed by atoms with Gasteiger partial charge in [0.1, 0.15) is 4.21 Å². The van der Waals surface area contributed by atoms with Crippen molar-refractivity contribution in [3.8, 4) is 0 Å². The summed E-state index contributed by atoms with van der Waals surface area (Å²) in [7, 11) is -3.38. The number of sulfonamides is 1. The Morgan fingerprint density at radius 2 is 1.81 bits per heavy atom. The normalized spacial score (nSPS) is 12.0. The molecule has 0 saturated carbocycles. The maximum absolute atomic E-state index is 12.5. The third-order valence-corrected chi connectivity index (χ3v) is 7.29. The highest BCUT2D eigenvalue weighted by molar-refractivity contribution is 14.0. The van der Waals surface area contributed by atoms with Crippen LogP contribution in [-0.2, 0) is 16.4 Å². The van der Waals surface area contributed by atoms with Gasteiger partial charge in [-0.15, -0.1) is 35.3 Å². The summed E-state index contributed by atoms with van der Waals surface area (Å²) in [5.41, 5.74) is 6.74. The van der Waals surface area contributed by atoms with E-state index >= 15 is 0 Å². The van der Waals surface area contributed by atoms with Crippen molar-refractivity contribution in [3.05, 3.63) is 47.3 Å². The van der Waals surface area contributed by atoms with Crippen LogP contribution < -0.4 is 11.1 Å². The van der Waals surface area contributed by atoms with Crippen LogP contribution in [0.25, 0.3) is 0 Å². The number of anilines is 1. The predicted octanol–water partition coefficient (Wildman–Crippen LogP) is 3.37. The summed E-state index contributed by atoms with van der Waals surface area (Å²) in [6.07, 6.45) is 0.648. The first-order valence-corrected chi connectivity index (χ1v) is 10.4. The summed E-state index contributed by atoms with van der Waals surface area (Å²) in [6.45, 7) is 5.12. The van der Waals surface area contributed by atoms with Gasteiger partial charge in [-0.05, 0) is 24.3 Å². The van der Waals surface area contributed by atoms with Crippen molar-refractivity contribution in [1.82, 2.24) is 4.31 Å². The van der Waals surface area contributed by atoms with Gasteiger partial charge in [-0.1, -0.05) is 32.0 Å². The van der Waals surface area contributed by atoms with Crippen molar-refractivity contribution in [2.45, 2.75) is 24.5 Å². The molecule has 0 amide bonds. The average Bonchev–Trinajstić information content (AvgIpc) is 3.06. The van der Waals surface area contributed by atoms with Gasteiger partial charge in [0, 0.05) is 36.6 Å². The van der Waals surface area contributed by atoms with Gasteiger partial charge < -0.3 is 11.1 Å². The van der Waals surface area contributed by atoms with E-state index in [1.807, 2.05) is 50.2 Å². The fourth-order valence-corrected chi connectivity index (χ4v) is 5.27. The summed E-state index contributed by atoms with van der Waals surface area (Å²) in [4.78, 5) is 5.26. The highest BCUT2D eigenvalue weighted by Gasteiger charge is 2.23. The maximum Gasteiger partial charge on any atom is 0.252 e. The Bertz CT molecular complexity index is 803. The van der Waals surface area contributed by atoms with E-state index in [0.29, 0.717) is 36.2 Å². The summed E-state index contributed by atoms with van der Waals surface area (Å²) in [5, 5.41) is 3.02. The Labute approximate surface area is 176 Å². The van der Waals surface area contributed by atoms with Crippen molar-refractivity contribution in [2.24, 2.45) is 10.7 Å². The van der Waals surface area contributed by atoms with Crippen molar-refractivity contribution in [2.75, 3.05) is 25.0 Å². The zero-order valence-corrected chi connectivity index (χ0v) is 18.8. The van der Waals surface area contributed by atoms with Crippen LogP contribution in [0.3, 0.4) is 0 Å². The van der Waals surface area contributed by atoms with Crippen LogP contribution in [0.4, 0.5) is 5.69 Å². The third-order valence-electron chi connectivity index (χ3n) is 3.62. The van der Waals surface area contributed by atoms with E-state index in [2.05, 4.69) is 10.3 Å². The first-order chi connectivity index (χ1) is 12.0. The number of nitrogens with zero attached hydrogens (tertiary/aromatic N) is 2. The van der Waals surface area contributed by atoms with E-state index in [-0.39, 0.29) is 24.0 Å². The molecule has 6 nitrogen and oxygen atoms in total. The molecule has 0 radical (unpaired) electrons. The SMILES string of the molecule is CCN(CC)S(=O)(=O)c1ccc(CCN=C(N)Nc2ccccc2)s1.I. The van der Waals surface area contributed by atoms with E-state index < -0.39 is 10.0 Å². The van der Waals surface area contributed by atoms with Crippen LogP contribution in [0.2, 0.25) is 0 Å². The number of benzene rings is 1. The molecule has 144 valence electrons. The summed E-state index contributed by atoms with van der Waals surface area (Å²) in [5.74, 6) is 0.346. The van der Waals surface area contributed by atoms with E-state index in [4.69, 9.17) is 5.73 Å². The van der Waals surface area contributed by atoms with Crippen molar-refractivity contribution in [3.63, 3.8) is 0 Å². The molecule has 9 heteroatoms. The van der Waals surface area contributed by atoms with Crippen molar-refractivity contribution < 1.29 is 8.42 Å². The zero-order chi connectivity index (χ0) is 18.3. The molecule has 0 bridgehead atoms. The van der Waals surface area contributed by atoms with Crippen LogP contribution in [-0.4, -0.2) is 38.3 Å². The molecule has 0 atom stereocenters. The lowest BCUT2D eigenvalue weighted by molar-refractivity contribution is 0.447. The molecule has 2 rings (SSSR count). The van der Waals surface area contributed by atoms with Gasteiger partial charge in [0.2, 0.25) is 0 Å². The number of hydrogen-bond acceptors (Lipinski definition) is 4. The molecule has 0 aliphatic rings. The number of aliphatic imine (C=N–C) groups is 1. The fourth-order valence-electron chi connectivity index (χ4n) is 2.32. The lowest BCUT2D eigenvalue weighted by Crippen LogP contribution is -2.29. The van der Waals surface area contributed by atoms with Gasteiger partial charge in [0.15, 0.2) is 5.96 Å². The molecule has 0 spiro atoms. The minimum Gasteiger partial charge on any atom is -0.370 e. The molecule has 0 fully saturated rings. The molecular formula is C17H25IN4O2S2. The Morgan fingerprint density at radius 3 is 2.42 bits per heavy atom. The number of para-hydroxylation sites is 1. The molecule has 0 aliphatic heterocycles. The van der Waals surface area contributed by atoms with Crippen LogP contribution in [0.5, 0.6) is 0 Å². The Kier molecular flexibility index (Phi) is 9.55. The molecule has 0 aliphatic carbocycles. The predicted molar refractivity (Wildman–Crippen MR) is 120 cm³/mol. The number of rotatable bonds is 8. The molecule has 26 heavy (non-hydrogen) atoms. The van der Waals surface area contributed by atoms with Gasteiger partial charge in [0.05, 0.1) is 0 Å². The minimum absolute atomic E-state index is 0. The van der Waals surface area contributed by atoms with E-state index in [0.717, 1.165) is 10.6 Å². The third kappa shape index (κ3) is 6.22. The Balaban J connectivity index is 0.00000338. The van der Waals surface area contributed by atoms with E-state index in [9.17, 15) is 8.42 Å². The minimum atomic E-state index is -3.38. The lowest BCUT2D eigenvalue weighted by atomic mass is 10.3. The van der Waals surface area contributed by atoms with Gasteiger partial charge in [-0.2, -0.15) is 4.31 Å². The number of nitrogens with two attached hydrogens (primary N) is 1. The topological polar surface area (TPSA) is 87.8 Å². The van der Waals surface area contributed by atoms with Gasteiger partial charge in [-0.25, -0.2) is 8.42 Å². The van der Waals surface area contributed by atoms with Crippen LogP contribution in [0.1, 0.15) is 18.7 Å². The summed E-state index contributed by atoms with van der Waals surface area (Å²) in [6, 6.07) is 13.1. The molecule has 2 aromatic rings. The quantitative estimate of drug-likeness (QED) is 0.325.